The van der Waals surface area contributed by atoms with Crippen LogP contribution in [0.2, 0.25) is 5.02 Å². The van der Waals surface area contributed by atoms with Crippen molar-refractivity contribution in [2.75, 3.05) is 31.1 Å². The Labute approximate surface area is 158 Å². The smallest absolute Gasteiger partial charge is 0.263 e. The number of carbonyl (C=O) groups excluding carboxylic acids is 1. The summed E-state index contributed by atoms with van der Waals surface area (Å²) in [4.78, 5) is 16.7. The summed E-state index contributed by atoms with van der Waals surface area (Å²) >= 11 is 6.26. The molecule has 3 rings (SSSR count). The van der Waals surface area contributed by atoms with E-state index in [2.05, 4.69) is 11.0 Å². The third-order valence-corrected chi connectivity index (χ3v) is 4.75. The van der Waals surface area contributed by atoms with Crippen LogP contribution in [0.1, 0.15) is 12.5 Å². The van der Waals surface area contributed by atoms with E-state index in [9.17, 15) is 4.79 Å². The predicted molar refractivity (Wildman–Crippen MR) is 101 cm³/mol. The molecular weight excluding hydrogens is 350 g/mol. The molecule has 1 fully saturated rings. The molecular formula is C20H20ClN3O2. The first-order valence-corrected chi connectivity index (χ1v) is 8.91. The van der Waals surface area contributed by atoms with Gasteiger partial charge in [0.25, 0.3) is 5.91 Å². The first kappa shape index (κ1) is 18.1. The zero-order valence-corrected chi connectivity index (χ0v) is 15.3. The van der Waals surface area contributed by atoms with Gasteiger partial charge in [-0.25, -0.2) is 0 Å². The third kappa shape index (κ3) is 4.09. The van der Waals surface area contributed by atoms with Crippen LogP contribution < -0.4 is 9.64 Å². The van der Waals surface area contributed by atoms with Crippen LogP contribution in [0, 0.1) is 11.3 Å². The van der Waals surface area contributed by atoms with E-state index in [1.807, 2.05) is 29.2 Å². The van der Waals surface area contributed by atoms with Gasteiger partial charge in [0, 0.05) is 26.2 Å². The molecule has 6 heteroatoms. The lowest BCUT2D eigenvalue weighted by Gasteiger charge is -2.37. The second-order valence-corrected chi connectivity index (χ2v) is 6.57. The Balaban J connectivity index is 1.56. The number of anilines is 1. The van der Waals surface area contributed by atoms with Crippen molar-refractivity contribution >= 4 is 23.2 Å². The molecule has 0 radical (unpaired) electrons. The molecule has 0 aromatic heterocycles. The Morgan fingerprint density at radius 3 is 2.38 bits per heavy atom. The fourth-order valence-electron chi connectivity index (χ4n) is 3.00. The van der Waals surface area contributed by atoms with Crippen LogP contribution >= 0.6 is 11.6 Å². The van der Waals surface area contributed by atoms with Crippen molar-refractivity contribution < 1.29 is 9.53 Å². The summed E-state index contributed by atoms with van der Waals surface area (Å²) < 4.78 is 5.72. The zero-order chi connectivity index (χ0) is 18.5. The minimum atomic E-state index is -0.574. The molecule has 1 saturated heterocycles. The molecule has 1 aliphatic heterocycles. The number of benzene rings is 2. The maximum Gasteiger partial charge on any atom is 0.263 e. The van der Waals surface area contributed by atoms with E-state index in [4.69, 9.17) is 21.6 Å². The second kappa shape index (κ2) is 8.11. The van der Waals surface area contributed by atoms with Gasteiger partial charge in [0.15, 0.2) is 6.10 Å². The van der Waals surface area contributed by atoms with Crippen LogP contribution in [0.5, 0.6) is 5.75 Å². The topological polar surface area (TPSA) is 56.6 Å². The van der Waals surface area contributed by atoms with Gasteiger partial charge in [-0.2, -0.15) is 5.26 Å². The van der Waals surface area contributed by atoms with E-state index in [1.165, 1.54) is 0 Å². The van der Waals surface area contributed by atoms with Crippen LogP contribution in [-0.2, 0) is 4.79 Å². The number of carbonyl (C=O) groups is 1. The third-order valence-electron chi connectivity index (χ3n) is 4.43. The highest BCUT2D eigenvalue weighted by molar-refractivity contribution is 6.33. The van der Waals surface area contributed by atoms with Gasteiger partial charge in [-0.1, -0.05) is 23.7 Å². The van der Waals surface area contributed by atoms with Crippen molar-refractivity contribution in [3.8, 4) is 11.8 Å². The maximum absolute atomic E-state index is 12.6. The summed E-state index contributed by atoms with van der Waals surface area (Å²) in [6, 6.07) is 16.6. The molecule has 1 aliphatic rings. The minimum absolute atomic E-state index is 0.0341. The predicted octanol–water partition coefficient (Wildman–Crippen LogP) is 3.33. The van der Waals surface area contributed by atoms with Crippen LogP contribution in [0.3, 0.4) is 0 Å². The molecule has 26 heavy (non-hydrogen) atoms. The van der Waals surface area contributed by atoms with E-state index in [-0.39, 0.29) is 5.91 Å². The molecule has 0 unspecified atom stereocenters. The summed E-state index contributed by atoms with van der Waals surface area (Å²) in [5, 5.41) is 9.55. The van der Waals surface area contributed by atoms with Crippen molar-refractivity contribution in [3.05, 3.63) is 59.1 Å². The Hall–Kier alpha value is -2.71. The number of para-hydroxylation sites is 1. The van der Waals surface area contributed by atoms with Crippen molar-refractivity contribution in [1.29, 1.82) is 5.26 Å². The Morgan fingerprint density at radius 1 is 1.12 bits per heavy atom. The Bertz CT molecular complexity index is 809. The van der Waals surface area contributed by atoms with Crippen molar-refractivity contribution in [2.24, 2.45) is 0 Å². The number of nitriles is 1. The number of rotatable bonds is 4. The normalized spacial score (nSPS) is 15.3. The fourth-order valence-corrected chi connectivity index (χ4v) is 3.25. The first-order chi connectivity index (χ1) is 12.6. The fraction of sp³-hybridized carbons (Fsp3) is 0.300. The summed E-state index contributed by atoms with van der Waals surface area (Å²) in [5.41, 5.74) is 1.56. The van der Waals surface area contributed by atoms with Crippen molar-refractivity contribution in [3.63, 3.8) is 0 Å². The molecule has 0 N–H and O–H groups in total. The van der Waals surface area contributed by atoms with Gasteiger partial charge in [0.1, 0.15) is 5.75 Å². The molecule has 2 aromatic rings. The molecule has 0 bridgehead atoms. The largest absolute Gasteiger partial charge is 0.481 e. The standard InChI is InChI=1S/C20H20ClN3O2/c1-15(26-17-8-6-16(14-22)7-9-17)20(25)24-12-10-23(11-13-24)19-5-3-2-4-18(19)21/h2-9,15H,10-13H2,1H3/t15-/m1/s1. The van der Waals surface area contributed by atoms with Crippen molar-refractivity contribution in [1.82, 2.24) is 4.90 Å². The minimum Gasteiger partial charge on any atom is -0.481 e. The van der Waals surface area contributed by atoms with Crippen LogP contribution in [0.25, 0.3) is 0 Å². The van der Waals surface area contributed by atoms with Crippen LogP contribution in [-0.4, -0.2) is 43.1 Å². The second-order valence-electron chi connectivity index (χ2n) is 6.16. The molecule has 5 nitrogen and oxygen atoms in total. The molecule has 0 spiro atoms. The number of piperazine rings is 1. The first-order valence-electron chi connectivity index (χ1n) is 8.53. The van der Waals surface area contributed by atoms with Crippen LogP contribution in [0.15, 0.2) is 48.5 Å². The number of nitrogens with zero attached hydrogens (tertiary/aromatic N) is 3. The quantitative estimate of drug-likeness (QED) is 0.829. The highest BCUT2D eigenvalue weighted by Gasteiger charge is 2.26. The highest BCUT2D eigenvalue weighted by atomic mass is 35.5. The van der Waals surface area contributed by atoms with Gasteiger partial charge < -0.3 is 14.5 Å². The van der Waals surface area contributed by atoms with Gasteiger partial charge >= 0.3 is 0 Å². The lowest BCUT2D eigenvalue weighted by Crippen LogP contribution is -2.52. The SMILES string of the molecule is C[C@@H](Oc1ccc(C#N)cc1)C(=O)N1CCN(c2ccccc2Cl)CC1. The monoisotopic (exact) mass is 369 g/mol. The molecule has 1 amide bonds. The Morgan fingerprint density at radius 2 is 1.77 bits per heavy atom. The number of hydrogen-bond donors (Lipinski definition) is 0. The molecule has 1 heterocycles. The van der Waals surface area contributed by atoms with Gasteiger partial charge in [-0.05, 0) is 43.3 Å². The maximum atomic E-state index is 12.6. The summed E-state index contributed by atoms with van der Waals surface area (Å²) in [6.07, 6.45) is -0.574. The number of halogens is 1. The average Bonchev–Trinajstić information content (AvgIpc) is 2.68. The molecule has 1 atom stereocenters. The highest BCUT2D eigenvalue weighted by Crippen LogP contribution is 2.26. The zero-order valence-electron chi connectivity index (χ0n) is 14.6. The molecule has 0 saturated carbocycles. The van der Waals surface area contributed by atoms with Crippen LogP contribution in [0.4, 0.5) is 5.69 Å². The number of hydrogen-bond acceptors (Lipinski definition) is 4. The molecule has 0 aliphatic carbocycles. The van der Waals surface area contributed by atoms with E-state index in [1.54, 1.807) is 31.2 Å². The Kier molecular flexibility index (Phi) is 5.65. The van der Waals surface area contributed by atoms with Gasteiger partial charge in [0.05, 0.1) is 22.3 Å². The van der Waals surface area contributed by atoms with Gasteiger partial charge in [-0.15, -0.1) is 0 Å². The lowest BCUT2D eigenvalue weighted by molar-refractivity contribution is -0.138. The van der Waals surface area contributed by atoms with E-state index >= 15 is 0 Å². The number of ether oxygens (including phenoxy) is 1. The van der Waals surface area contributed by atoms with E-state index in [0.29, 0.717) is 24.4 Å². The van der Waals surface area contributed by atoms with Crippen molar-refractivity contribution in [2.45, 2.75) is 13.0 Å². The van der Waals surface area contributed by atoms with Gasteiger partial charge in [-0.3, -0.25) is 4.79 Å². The van der Waals surface area contributed by atoms with E-state index < -0.39 is 6.10 Å². The average molecular weight is 370 g/mol. The number of amides is 1. The summed E-state index contributed by atoms with van der Waals surface area (Å²) in [6.45, 7) is 4.48. The van der Waals surface area contributed by atoms with Gasteiger partial charge in [0.2, 0.25) is 0 Å². The lowest BCUT2D eigenvalue weighted by atomic mass is 10.2. The molecule has 2 aromatic carbocycles. The van der Waals surface area contributed by atoms with E-state index in [0.717, 1.165) is 23.8 Å². The summed E-state index contributed by atoms with van der Waals surface area (Å²) in [7, 11) is 0. The summed E-state index contributed by atoms with van der Waals surface area (Å²) in [5.74, 6) is 0.549. The molecule has 134 valence electrons.